The van der Waals surface area contributed by atoms with Crippen molar-refractivity contribution in [3.05, 3.63) is 107 Å². The Hall–Kier alpha value is -3.31. The summed E-state index contributed by atoms with van der Waals surface area (Å²) in [5.41, 5.74) is 6.04. The minimum atomic E-state index is -0.0973. The Morgan fingerprint density at radius 2 is 1.58 bits per heavy atom. The van der Waals surface area contributed by atoms with Gasteiger partial charge in [-0.3, -0.25) is 4.79 Å². The van der Waals surface area contributed by atoms with Gasteiger partial charge in [-0.15, -0.1) is 11.8 Å². The van der Waals surface area contributed by atoms with Crippen LogP contribution in [0.25, 0.3) is 11.5 Å². The average molecular weight is 457 g/mol. The van der Waals surface area contributed by atoms with Crippen molar-refractivity contribution >= 4 is 17.7 Å². The number of oxazole rings is 1. The standard InChI is InChI=1S/C28H28N2O2S/c1-4-21-7-9-22(10-8-21)17-29-27(31)23-11-13-24(14-12-23)28-30-26(20(3)32-28)18-33-25-15-5-19(2)6-16-25/h5-16H,4,17-18H2,1-3H3,(H,29,31). The smallest absolute Gasteiger partial charge is 0.251 e. The lowest BCUT2D eigenvalue weighted by Crippen LogP contribution is -2.22. The summed E-state index contributed by atoms with van der Waals surface area (Å²) in [7, 11) is 0. The Labute approximate surface area is 199 Å². The summed E-state index contributed by atoms with van der Waals surface area (Å²) in [4.78, 5) is 18.4. The van der Waals surface area contributed by atoms with Crippen LogP contribution < -0.4 is 5.32 Å². The van der Waals surface area contributed by atoms with Crippen molar-refractivity contribution in [3.63, 3.8) is 0 Å². The van der Waals surface area contributed by atoms with Crippen molar-refractivity contribution in [1.82, 2.24) is 10.3 Å². The predicted octanol–water partition coefficient (Wildman–Crippen LogP) is 6.74. The zero-order chi connectivity index (χ0) is 23.2. The van der Waals surface area contributed by atoms with Gasteiger partial charge < -0.3 is 9.73 Å². The fourth-order valence-electron chi connectivity index (χ4n) is 3.41. The SMILES string of the molecule is CCc1ccc(CNC(=O)c2ccc(-c3nc(CSc4ccc(C)cc4)c(C)o3)cc2)cc1. The molecule has 0 saturated carbocycles. The number of carbonyl (C=O) groups excluding carboxylic acids is 1. The normalized spacial score (nSPS) is 10.9. The zero-order valence-corrected chi connectivity index (χ0v) is 20.0. The summed E-state index contributed by atoms with van der Waals surface area (Å²) in [6.45, 7) is 6.66. The van der Waals surface area contributed by atoms with Gasteiger partial charge in [0, 0.05) is 28.3 Å². The first kappa shape index (κ1) is 22.9. The summed E-state index contributed by atoms with van der Waals surface area (Å²) >= 11 is 1.74. The van der Waals surface area contributed by atoms with Crippen molar-refractivity contribution in [1.29, 1.82) is 0 Å². The number of rotatable bonds is 8. The molecule has 1 N–H and O–H groups in total. The summed E-state index contributed by atoms with van der Waals surface area (Å²) in [6.07, 6.45) is 1.01. The first-order valence-electron chi connectivity index (χ1n) is 11.1. The highest BCUT2D eigenvalue weighted by molar-refractivity contribution is 7.98. The highest BCUT2D eigenvalue weighted by atomic mass is 32.2. The zero-order valence-electron chi connectivity index (χ0n) is 19.2. The van der Waals surface area contributed by atoms with E-state index < -0.39 is 0 Å². The van der Waals surface area contributed by atoms with Gasteiger partial charge in [-0.2, -0.15) is 0 Å². The van der Waals surface area contributed by atoms with Gasteiger partial charge in [0.1, 0.15) is 5.76 Å². The summed E-state index contributed by atoms with van der Waals surface area (Å²) in [6, 6.07) is 24.2. The number of benzene rings is 3. The van der Waals surface area contributed by atoms with E-state index >= 15 is 0 Å². The van der Waals surface area contributed by atoms with Crippen LogP contribution in [-0.4, -0.2) is 10.9 Å². The van der Waals surface area contributed by atoms with Gasteiger partial charge in [0.2, 0.25) is 5.89 Å². The largest absolute Gasteiger partial charge is 0.441 e. The first-order chi connectivity index (χ1) is 16.0. The highest BCUT2D eigenvalue weighted by Gasteiger charge is 2.13. The van der Waals surface area contributed by atoms with E-state index in [0.717, 1.165) is 34.8 Å². The van der Waals surface area contributed by atoms with Crippen LogP contribution in [0.5, 0.6) is 0 Å². The van der Waals surface area contributed by atoms with E-state index in [1.165, 1.54) is 16.0 Å². The molecule has 0 radical (unpaired) electrons. The number of hydrogen-bond donors (Lipinski definition) is 1. The fourth-order valence-corrected chi connectivity index (χ4v) is 4.31. The molecule has 168 valence electrons. The Morgan fingerprint density at radius 3 is 2.24 bits per heavy atom. The molecule has 0 fully saturated rings. The second kappa shape index (κ2) is 10.5. The number of carbonyl (C=O) groups is 1. The number of nitrogens with one attached hydrogen (secondary N) is 1. The molecule has 1 amide bonds. The van der Waals surface area contributed by atoms with Gasteiger partial charge in [-0.1, -0.05) is 48.9 Å². The van der Waals surface area contributed by atoms with Crippen LogP contribution in [0.2, 0.25) is 0 Å². The molecule has 0 atom stereocenters. The maximum atomic E-state index is 12.5. The Kier molecular flexibility index (Phi) is 7.30. The Morgan fingerprint density at radius 1 is 0.909 bits per heavy atom. The van der Waals surface area contributed by atoms with E-state index in [9.17, 15) is 4.79 Å². The van der Waals surface area contributed by atoms with Gasteiger partial charge >= 0.3 is 0 Å². The topological polar surface area (TPSA) is 55.1 Å². The van der Waals surface area contributed by atoms with Crippen LogP contribution in [0.15, 0.2) is 82.1 Å². The van der Waals surface area contributed by atoms with Gasteiger partial charge in [-0.05, 0) is 67.8 Å². The molecule has 0 bridgehead atoms. The van der Waals surface area contributed by atoms with Crippen LogP contribution in [0, 0.1) is 13.8 Å². The predicted molar refractivity (Wildman–Crippen MR) is 134 cm³/mol. The van der Waals surface area contributed by atoms with E-state index in [0.29, 0.717) is 18.0 Å². The van der Waals surface area contributed by atoms with Gasteiger partial charge in [0.25, 0.3) is 5.91 Å². The second-order valence-electron chi connectivity index (χ2n) is 8.05. The molecule has 0 spiro atoms. The minimum absolute atomic E-state index is 0.0973. The lowest BCUT2D eigenvalue weighted by atomic mass is 10.1. The van der Waals surface area contributed by atoms with Crippen molar-refractivity contribution < 1.29 is 9.21 Å². The molecule has 0 unspecified atom stereocenters. The molecule has 4 aromatic rings. The number of thioether (sulfide) groups is 1. The summed E-state index contributed by atoms with van der Waals surface area (Å²) < 4.78 is 5.91. The third-order valence-electron chi connectivity index (χ3n) is 5.57. The van der Waals surface area contributed by atoms with Gasteiger partial charge in [0.05, 0.1) is 5.69 Å². The molecule has 0 aliphatic rings. The van der Waals surface area contributed by atoms with E-state index in [4.69, 9.17) is 4.42 Å². The third kappa shape index (κ3) is 5.93. The van der Waals surface area contributed by atoms with Crippen molar-refractivity contribution in [2.45, 2.75) is 44.4 Å². The van der Waals surface area contributed by atoms with E-state index in [-0.39, 0.29) is 5.91 Å². The Balaban J connectivity index is 1.36. The molecule has 4 nitrogen and oxygen atoms in total. The monoisotopic (exact) mass is 456 g/mol. The van der Waals surface area contributed by atoms with E-state index in [1.807, 2.05) is 31.2 Å². The quantitative estimate of drug-likeness (QED) is 0.298. The molecule has 4 rings (SSSR count). The molecule has 5 heteroatoms. The number of aryl methyl sites for hydroxylation is 3. The minimum Gasteiger partial charge on any atom is -0.441 e. The molecule has 0 aliphatic heterocycles. The van der Waals surface area contributed by atoms with Crippen molar-refractivity contribution in [2.24, 2.45) is 0 Å². The maximum Gasteiger partial charge on any atom is 0.251 e. The van der Waals surface area contributed by atoms with Crippen LogP contribution >= 0.6 is 11.8 Å². The second-order valence-corrected chi connectivity index (χ2v) is 9.10. The molecular formula is C28H28N2O2S. The van der Waals surface area contributed by atoms with E-state index in [1.54, 1.807) is 11.8 Å². The molecule has 3 aromatic carbocycles. The molecule has 33 heavy (non-hydrogen) atoms. The molecule has 0 aliphatic carbocycles. The van der Waals surface area contributed by atoms with Crippen LogP contribution in [0.1, 0.15) is 45.4 Å². The number of aromatic nitrogens is 1. The average Bonchev–Trinajstić information content (AvgIpc) is 3.23. The van der Waals surface area contributed by atoms with E-state index in [2.05, 4.69) is 72.7 Å². The van der Waals surface area contributed by atoms with Crippen LogP contribution in [0.3, 0.4) is 0 Å². The van der Waals surface area contributed by atoms with Crippen LogP contribution in [0.4, 0.5) is 0 Å². The number of nitrogens with zero attached hydrogens (tertiary/aromatic N) is 1. The highest BCUT2D eigenvalue weighted by Crippen LogP contribution is 2.28. The summed E-state index contributed by atoms with van der Waals surface area (Å²) in [5, 5.41) is 2.98. The Bertz CT molecular complexity index is 1210. The molecule has 1 heterocycles. The van der Waals surface area contributed by atoms with Crippen molar-refractivity contribution in [3.8, 4) is 11.5 Å². The lowest BCUT2D eigenvalue weighted by molar-refractivity contribution is 0.0951. The first-order valence-corrected chi connectivity index (χ1v) is 12.1. The summed E-state index contributed by atoms with van der Waals surface area (Å²) in [5.74, 6) is 2.05. The molecule has 0 saturated heterocycles. The number of amides is 1. The van der Waals surface area contributed by atoms with Crippen molar-refractivity contribution in [2.75, 3.05) is 0 Å². The maximum absolute atomic E-state index is 12.5. The third-order valence-corrected chi connectivity index (χ3v) is 6.59. The van der Waals surface area contributed by atoms with Gasteiger partial charge in [0.15, 0.2) is 0 Å². The molecule has 1 aromatic heterocycles. The van der Waals surface area contributed by atoms with Gasteiger partial charge in [-0.25, -0.2) is 4.98 Å². The molecular weight excluding hydrogens is 428 g/mol. The fraction of sp³-hybridized carbons (Fsp3) is 0.214. The lowest BCUT2D eigenvalue weighted by Gasteiger charge is -2.07. The van der Waals surface area contributed by atoms with Crippen LogP contribution in [-0.2, 0) is 18.7 Å². The number of hydrogen-bond acceptors (Lipinski definition) is 4.